The van der Waals surface area contributed by atoms with Crippen molar-refractivity contribution >= 4 is 11.9 Å². The minimum atomic E-state index is -0.612. The summed E-state index contributed by atoms with van der Waals surface area (Å²) in [5, 5.41) is 0. The molecule has 192 valence electrons. The summed E-state index contributed by atoms with van der Waals surface area (Å²) in [6.07, 6.45) is 6.65. The molecule has 0 saturated carbocycles. The average Bonchev–Trinajstić information content (AvgIpc) is 2.96. The van der Waals surface area contributed by atoms with Crippen LogP contribution in [0.15, 0.2) is 117 Å². The van der Waals surface area contributed by atoms with E-state index in [0.29, 0.717) is 28.2 Å². The smallest absolute Gasteiger partial charge is 0.335 e. The normalized spacial score (nSPS) is 9.97. The van der Waals surface area contributed by atoms with Crippen LogP contribution in [0.3, 0.4) is 0 Å². The number of carbonyl (C=O) groups excluding carboxylic acids is 2. The van der Waals surface area contributed by atoms with E-state index >= 15 is 0 Å². The van der Waals surface area contributed by atoms with Crippen molar-refractivity contribution in [1.82, 2.24) is 0 Å². The van der Waals surface area contributed by atoms with E-state index < -0.39 is 17.8 Å². The summed E-state index contributed by atoms with van der Waals surface area (Å²) in [6.45, 7) is 6.59. The molecule has 0 bridgehead atoms. The SMILES string of the molecule is C=CC(=O)O/C=C\Oc1cccc(C#Cc2ccc(C#Cc3ccccc3O/C=C\OC(=O)C=C)cc2F)c1. The molecule has 0 heterocycles. The zero-order valence-electron chi connectivity index (χ0n) is 20.6. The van der Waals surface area contributed by atoms with Gasteiger partial charge in [-0.1, -0.05) is 55.0 Å². The lowest BCUT2D eigenvalue weighted by molar-refractivity contribution is -0.133. The molecule has 0 aliphatic carbocycles. The summed E-state index contributed by atoms with van der Waals surface area (Å²) >= 11 is 0. The molecule has 0 radical (unpaired) electrons. The third-order valence-corrected chi connectivity index (χ3v) is 4.59. The Morgan fingerprint density at radius 3 is 2.00 bits per heavy atom. The van der Waals surface area contributed by atoms with Crippen molar-refractivity contribution in [2.24, 2.45) is 0 Å². The lowest BCUT2D eigenvalue weighted by atomic mass is 10.1. The van der Waals surface area contributed by atoms with Gasteiger partial charge in [0, 0.05) is 23.3 Å². The molecule has 0 amide bonds. The Morgan fingerprint density at radius 1 is 0.667 bits per heavy atom. The van der Waals surface area contributed by atoms with Crippen LogP contribution in [0.25, 0.3) is 0 Å². The molecular weight excluding hydrogens is 499 g/mol. The maximum atomic E-state index is 14.7. The molecule has 0 aliphatic rings. The molecule has 0 atom stereocenters. The van der Waals surface area contributed by atoms with E-state index in [0.717, 1.165) is 24.7 Å². The standard InChI is InChI=1S/C32H21FO6/c1-3-31(34)38-20-18-36-28-10-7-8-24(22-28)12-15-26-16-13-25(23-29(26)33)14-17-27-9-5-6-11-30(27)37-19-21-39-32(35)4-2/h3-11,13,16,18-23H,1-2H2/b20-18-,21-19-. The summed E-state index contributed by atoms with van der Waals surface area (Å²) in [5.74, 6) is 10.7. The number of halogens is 1. The molecule has 0 aliphatic heterocycles. The van der Waals surface area contributed by atoms with E-state index in [4.69, 9.17) is 14.2 Å². The Kier molecular flexibility index (Phi) is 10.5. The van der Waals surface area contributed by atoms with E-state index in [1.165, 1.54) is 18.6 Å². The van der Waals surface area contributed by atoms with Crippen LogP contribution in [0.1, 0.15) is 22.3 Å². The zero-order valence-corrected chi connectivity index (χ0v) is 20.6. The van der Waals surface area contributed by atoms with Gasteiger partial charge < -0.3 is 18.9 Å². The fourth-order valence-electron chi connectivity index (χ4n) is 2.79. The molecule has 3 aromatic carbocycles. The second-order valence-corrected chi connectivity index (χ2v) is 7.28. The second-order valence-electron chi connectivity index (χ2n) is 7.28. The maximum Gasteiger partial charge on any atom is 0.335 e. The van der Waals surface area contributed by atoms with Crippen molar-refractivity contribution in [3.05, 3.63) is 145 Å². The third kappa shape index (κ3) is 9.30. The predicted molar refractivity (Wildman–Crippen MR) is 143 cm³/mol. The lowest BCUT2D eigenvalue weighted by Crippen LogP contribution is -1.93. The lowest BCUT2D eigenvalue weighted by Gasteiger charge is -2.02. The minimum Gasteiger partial charge on any atom is -0.462 e. The van der Waals surface area contributed by atoms with Crippen molar-refractivity contribution in [3.63, 3.8) is 0 Å². The van der Waals surface area contributed by atoms with Gasteiger partial charge in [0.05, 0.1) is 11.1 Å². The van der Waals surface area contributed by atoms with Crippen LogP contribution in [0.2, 0.25) is 0 Å². The second kappa shape index (κ2) is 14.7. The summed E-state index contributed by atoms with van der Waals surface area (Å²) in [5.41, 5.74) is 1.79. The van der Waals surface area contributed by atoms with Gasteiger partial charge in [0.1, 0.15) is 42.4 Å². The number of rotatable bonds is 8. The highest BCUT2D eigenvalue weighted by Gasteiger charge is 2.02. The van der Waals surface area contributed by atoms with Crippen LogP contribution in [-0.4, -0.2) is 11.9 Å². The monoisotopic (exact) mass is 520 g/mol. The highest BCUT2D eigenvalue weighted by atomic mass is 19.1. The number of hydrogen-bond donors (Lipinski definition) is 0. The number of hydrogen-bond acceptors (Lipinski definition) is 6. The first-order valence-corrected chi connectivity index (χ1v) is 11.3. The fraction of sp³-hybridized carbons (Fsp3) is 0. The fourth-order valence-corrected chi connectivity index (χ4v) is 2.79. The molecule has 7 heteroatoms. The van der Waals surface area contributed by atoms with Crippen LogP contribution < -0.4 is 9.47 Å². The average molecular weight is 521 g/mol. The molecule has 6 nitrogen and oxygen atoms in total. The molecule has 0 aromatic heterocycles. The van der Waals surface area contributed by atoms with Crippen molar-refractivity contribution in [2.75, 3.05) is 0 Å². The third-order valence-electron chi connectivity index (χ3n) is 4.59. The van der Waals surface area contributed by atoms with Gasteiger partial charge in [-0.15, -0.1) is 0 Å². The Bertz CT molecular complexity index is 1560. The number of ether oxygens (including phenoxy) is 4. The number of para-hydroxylation sites is 1. The molecule has 3 rings (SSSR count). The Balaban J connectivity index is 1.68. The Hall–Kier alpha value is -5.79. The molecule has 0 spiro atoms. The summed E-state index contributed by atoms with van der Waals surface area (Å²) in [4.78, 5) is 22.1. The summed E-state index contributed by atoms with van der Waals surface area (Å²) in [6, 6.07) is 18.3. The van der Waals surface area contributed by atoms with Gasteiger partial charge in [-0.3, -0.25) is 0 Å². The largest absolute Gasteiger partial charge is 0.462 e. The van der Waals surface area contributed by atoms with Gasteiger partial charge in [0.15, 0.2) is 0 Å². The zero-order chi connectivity index (χ0) is 27.9. The summed E-state index contributed by atoms with van der Waals surface area (Å²) in [7, 11) is 0. The molecule has 39 heavy (non-hydrogen) atoms. The van der Waals surface area contributed by atoms with Crippen molar-refractivity contribution < 1.29 is 32.9 Å². The van der Waals surface area contributed by atoms with Gasteiger partial charge in [0.25, 0.3) is 0 Å². The van der Waals surface area contributed by atoms with E-state index in [1.54, 1.807) is 60.7 Å². The summed E-state index contributed by atoms with van der Waals surface area (Å²) < 4.78 is 34.9. The van der Waals surface area contributed by atoms with Crippen LogP contribution in [0.5, 0.6) is 11.5 Å². The molecule has 0 unspecified atom stereocenters. The molecule has 0 saturated heterocycles. The Labute approximate surface area is 225 Å². The molecule has 0 fully saturated rings. The number of esters is 2. The van der Waals surface area contributed by atoms with Crippen LogP contribution in [0.4, 0.5) is 4.39 Å². The van der Waals surface area contributed by atoms with Gasteiger partial charge in [-0.05, 0) is 48.5 Å². The highest BCUT2D eigenvalue weighted by Crippen LogP contribution is 2.18. The van der Waals surface area contributed by atoms with E-state index in [2.05, 4.69) is 41.6 Å². The van der Waals surface area contributed by atoms with Crippen LogP contribution in [-0.2, 0) is 19.1 Å². The number of benzene rings is 3. The van der Waals surface area contributed by atoms with Gasteiger partial charge in [-0.2, -0.15) is 0 Å². The van der Waals surface area contributed by atoms with Gasteiger partial charge in [0.2, 0.25) is 0 Å². The first-order chi connectivity index (χ1) is 19.0. The highest BCUT2D eigenvalue weighted by molar-refractivity contribution is 5.82. The first kappa shape index (κ1) is 27.8. The number of carbonyl (C=O) groups is 2. The quantitative estimate of drug-likeness (QED) is 0.162. The minimum absolute atomic E-state index is 0.200. The predicted octanol–water partition coefficient (Wildman–Crippen LogP) is 5.78. The first-order valence-electron chi connectivity index (χ1n) is 11.3. The van der Waals surface area contributed by atoms with Crippen molar-refractivity contribution in [2.45, 2.75) is 0 Å². The van der Waals surface area contributed by atoms with Gasteiger partial charge in [-0.25, -0.2) is 14.0 Å². The van der Waals surface area contributed by atoms with Gasteiger partial charge >= 0.3 is 11.9 Å². The topological polar surface area (TPSA) is 71.1 Å². The van der Waals surface area contributed by atoms with E-state index in [9.17, 15) is 14.0 Å². The van der Waals surface area contributed by atoms with Crippen LogP contribution in [0, 0.1) is 29.5 Å². The van der Waals surface area contributed by atoms with E-state index in [-0.39, 0.29) is 5.56 Å². The van der Waals surface area contributed by atoms with Crippen molar-refractivity contribution in [1.29, 1.82) is 0 Å². The van der Waals surface area contributed by atoms with E-state index in [1.807, 2.05) is 0 Å². The molecular formula is C32H21FO6. The maximum absolute atomic E-state index is 14.7. The molecule has 3 aromatic rings. The Morgan fingerprint density at radius 2 is 1.31 bits per heavy atom. The molecule has 0 N–H and O–H groups in total. The van der Waals surface area contributed by atoms with Crippen LogP contribution >= 0.6 is 0 Å². The van der Waals surface area contributed by atoms with Crippen molar-refractivity contribution in [3.8, 4) is 35.2 Å².